The van der Waals surface area contributed by atoms with Crippen LogP contribution in [0.2, 0.25) is 0 Å². The smallest absolute Gasteiger partial charge is 0.335 e. The molecule has 2 aliphatic rings. The number of aliphatic hydroxyl groups excluding tert-OH is 2. The van der Waals surface area contributed by atoms with Crippen LogP contribution in [0.4, 0.5) is 5.82 Å². The van der Waals surface area contributed by atoms with E-state index in [1.54, 1.807) is 0 Å². The number of aliphatic hydroxyl groups is 2. The fraction of sp³-hybridized carbons (Fsp3) is 0.550. The maximum atomic E-state index is 11.3. The highest BCUT2D eigenvalue weighted by Crippen LogP contribution is 2.32. The number of amides is 1. The maximum Gasteiger partial charge on any atom is 0.335 e. The van der Waals surface area contributed by atoms with Crippen LogP contribution in [0.1, 0.15) is 44.2 Å². The number of carboxylic acids is 1. The van der Waals surface area contributed by atoms with E-state index in [-0.39, 0.29) is 34.6 Å². The van der Waals surface area contributed by atoms with Gasteiger partial charge in [-0.3, -0.25) is 9.36 Å². The Hall–Kier alpha value is -3.27. The average Bonchev–Trinajstić information content (AvgIpc) is 3.30. The Balaban J connectivity index is 1.53. The predicted molar refractivity (Wildman–Crippen MR) is 109 cm³/mol. The molecule has 1 aliphatic carbocycles. The van der Waals surface area contributed by atoms with Gasteiger partial charge in [0.15, 0.2) is 23.8 Å². The summed E-state index contributed by atoms with van der Waals surface area (Å²) in [5, 5.41) is 29.4. The van der Waals surface area contributed by atoms with E-state index in [0.717, 1.165) is 25.7 Å². The molecular formula is C20H24N6O6. The lowest BCUT2D eigenvalue weighted by molar-refractivity contribution is -0.155. The molecule has 7 N–H and O–H groups in total. The first kappa shape index (κ1) is 21.9. The fourth-order valence-corrected chi connectivity index (χ4v) is 4.20. The Morgan fingerprint density at radius 2 is 1.91 bits per heavy atom. The van der Waals surface area contributed by atoms with Crippen LogP contribution < -0.4 is 11.5 Å². The number of carboxylic acid groups (broad SMARTS) is 1. The second-order valence-electron chi connectivity index (χ2n) is 8.15. The summed E-state index contributed by atoms with van der Waals surface area (Å²) < 4.78 is 6.62. The van der Waals surface area contributed by atoms with E-state index in [0.29, 0.717) is 12.3 Å². The van der Waals surface area contributed by atoms with Gasteiger partial charge < -0.3 is 31.5 Å². The molecule has 1 saturated carbocycles. The Kier molecular flexibility index (Phi) is 5.96. The van der Waals surface area contributed by atoms with Crippen LogP contribution >= 0.6 is 0 Å². The van der Waals surface area contributed by atoms with Gasteiger partial charge in [0.2, 0.25) is 11.7 Å². The van der Waals surface area contributed by atoms with Crippen molar-refractivity contribution in [3.05, 3.63) is 12.2 Å². The summed E-state index contributed by atoms with van der Waals surface area (Å²) in [5.41, 5.74) is 11.8. The summed E-state index contributed by atoms with van der Waals surface area (Å²) in [6.07, 6.45) is -0.734. The number of aromatic nitrogens is 4. The maximum absolute atomic E-state index is 11.3. The Bertz CT molecular complexity index is 1100. The van der Waals surface area contributed by atoms with Gasteiger partial charge in [0.1, 0.15) is 17.7 Å². The van der Waals surface area contributed by atoms with E-state index >= 15 is 0 Å². The molecule has 2 fully saturated rings. The molecule has 0 bridgehead atoms. The number of anilines is 1. The lowest BCUT2D eigenvalue weighted by Gasteiger charge is -2.25. The number of carbonyl (C=O) groups excluding carboxylic acids is 1. The van der Waals surface area contributed by atoms with Crippen LogP contribution in [0.25, 0.3) is 11.2 Å². The van der Waals surface area contributed by atoms with E-state index in [1.165, 1.54) is 10.9 Å². The number of aliphatic carboxylic acids is 1. The van der Waals surface area contributed by atoms with Crippen LogP contribution in [-0.4, -0.2) is 65.0 Å². The minimum atomic E-state index is -1.61. The molecule has 1 saturated heterocycles. The molecule has 12 heteroatoms. The average molecular weight is 444 g/mol. The highest BCUT2D eigenvalue weighted by molar-refractivity contribution is 5.82. The number of nitrogens with two attached hydrogens (primary N) is 2. The highest BCUT2D eigenvalue weighted by atomic mass is 16.6. The molecule has 1 aliphatic heterocycles. The van der Waals surface area contributed by atoms with Gasteiger partial charge in [0.05, 0.1) is 6.33 Å². The largest absolute Gasteiger partial charge is 0.479 e. The lowest BCUT2D eigenvalue weighted by atomic mass is 9.80. The van der Waals surface area contributed by atoms with Crippen LogP contribution in [0.3, 0.4) is 0 Å². The van der Waals surface area contributed by atoms with E-state index in [4.69, 9.17) is 21.3 Å². The van der Waals surface area contributed by atoms with E-state index < -0.39 is 30.5 Å². The van der Waals surface area contributed by atoms with Gasteiger partial charge in [-0.1, -0.05) is 5.92 Å². The molecule has 0 radical (unpaired) electrons. The summed E-state index contributed by atoms with van der Waals surface area (Å²) in [6, 6.07) is 0. The minimum absolute atomic E-state index is 0.0579. The molecule has 2 aromatic rings. The number of fused-ring (bicyclic) bond motifs is 1. The van der Waals surface area contributed by atoms with Gasteiger partial charge >= 0.3 is 5.97 Å². The van der Waals surface area contributed by atoms with Crippen molar-refractivity contribution < 1.29 is 29.6 Å². The van der Waals surface area contributed by atoms with Gasteiger partial charge in [-0.25, -0.2) is 19.7 Å². The molecule has 0 spiro atoms. The molecule has 170 valence electrons. The van der Waals surface area contributed by atoms with Gasteiger partial charge in [0, 0.05) is 12.3 Å². The first-order valence-corrected chi connectivity index (χ1v) is 10.3. The third-order valence-corrected chi connectivity index (χ3v) is 6.04. The zero-order valence-electron chi connectivity index (χ0n) is 17.1. The van der Waals surface area contributed by atoms with Crippen molar-refractivity contribution in [3.8, 4) is 11.8 Å². The summed E-state index contributed by atoms with van der Waals surface area (Å²) in [6.45, 7) is 0. The van der Waals surface area contributed by atoms with E-state index in [1.807, 2.05) is 0 Å². The van der Waals surface area contributed by atoms with Crippen LogP contribution in [0, 0.1) is 23.7 Å². The van der Waals surface area contributed by atoms with E-state index in [9.17, 15) is 19.8 Å². The number of primary amides is 1. The van der Waals surface area contributed by atoms with Crippen molar-refractivity contribution in [1.29, 1.82) is 0 Å². The second-order valence-corrected chi connectivity index (χ2v) is 8.15. The number of hydrogen-bond donors (Lipinski definition) is 5. The second kappa shape index (κ2) is 8.70. The zero-order chi connectivity index (χ0) is 23.0. The predicted octanol–water partition coefficient (Wildman–Crippen LogP) is -0.854. The Labute approximate surface area is 182 Å². The standard InChI is InChI=1S/C20H24N6O6/c21-16-12-18(26(8-23-12)19-14(28)13(27)15(32-19)20(30)31)25-11(24-16)3-1-2-9-4-6-10(7-5-9)17(22)29/h8-10,13-15,19,27-28H,2,4-7H2,(H2,22,29)(H,30,31)(H2,21,24,25). The van der Waals surface area contributed by atoms with E-state index in [2.05, 4.69) is 26.8 Å². The third-order valence-electron chi connectivity index (χ3n) is 6.04. The summed E-state index contributed by atoms with van der Waals surface area (Å²) >= 11 is 0. The number of rotatable bonds is 4. The SMILES string of the molecule is NC(=O)C1CCC(CC#Cc2nc(N)c3ncn(C4OC(C(=O)O)C(O)C4O)c3n2)CC1. The van der Waals surface area contributed by atoms with Gasteiger partial charge in [0.25, 0.3) is 0 Å². The normalized spacial score (nSPS) is 30.1. The van der Waals surface area contributed by atoms with Gasteiger partial charge in [-0.15, -0.1) is 0 Å². The molecular weight excluding hydrogens is 420 g/mol. The molecule has 0 aromatic carbocycles. The molecule has 4 rings (SSSR count). The van der Waals surface area contributed by atoms with Crippen molar-refractivity contribution in [2.45, 2.75) is 56.6 Å². The number of nitrogens with zero attached hydrogens (tertiary/aromatic N) is 4. The Morgan fingerprint density at radius 1 is 1.19 bits per heavy atom. The number of carbonyl (C=O) groups is 2. The van der Waals surface area contributed by atoms with Crippen molar-refractivity contribution >= 4 is 28.9 Å². The monoisotopic (exact) mass is 444 g/mol. The third kappa shape index (κ3) is 4.10. The minimum Gasteiger partial charge on any atom is -0.479 e. The summed E-state index contributed by atoms with van der Waals surface area (Å²) in [5.74, 6) is 4.81. The molecule has 4 unspecified atom stereocenters. The van der Waals surface area contributed by atoms with Gasteiger partial charge in [-0.05, 0) is 37.5 Å². The van der Waals surface area contributed by atoms with Crippen molar-refractivity contribution in [2.75, 3.05) is 5.73 Å². The molecule has 32 heavy (non-hydrogen) atoms. The molecule has 4 atom stereocenters. The number of nitrogen functional groups attached to an aromatic ring is 1. The molecule has 3 heterocycles. The topological polar surface area (TPSA) is 200 Å². The summed E-state index contributed by atoms with van der Waals surface area (Å²) in [4.78, 5) is 35.1. The Morgan fingerprint density at radius 3 is 2.53 bits per heavy atom. The number of hydrogen-bond acceptors (Lipinski definition) is 9. The number of imidazole rings is 1. The van der Waals surface area contributed by atoms with Gasteiger partial charge in [-0.2, -0.15) is 0 Å². The van der Waals surface area contributed by atoms with Crippen LogP contribution in [0.5, 0.6) is 0 Å². The number of ether oxygens (including phenoxy) is 1. The van der Waals surface area contributed by atoms with Crippen molar-refractivity contribution in [2.24, 2.45) is 17.6 Å². The zero-order valence-corrected chi connectivity index (χ0v) is 17.1. The molecule has 12 nitrogen and oxygen atoms in total. The molecule has 1 amide bonds. The van der Waals surface area contributed by atoms with Crippen LogP contribution in [0.15, 0.2) is 6.33 Å². The highest BCUT2D eigenvalue weighted by Gasteiger charge is 2.48. The van der Waals surface area contributed by atoms with Crippen molar-refractivity contribution in [3.63, 3.8) is 0 Å². The lowest BCUT2D eigenvalue weighted by Crippen LogP contribution is -2.35. The molecule has 2 aromatic heterocycles. The first-order chi connectivity index (χ1) is 15.3. The van der Waals surface area contributed by atoms with Crippen LogP contribution in [-0.2, 0) is 14.3 Å². The first-order valence-electron chi connectivity index (χ1n) is 10.3. The quantitative estimate of drug-likeness (QED) is 0.370. The van der Waals surface area contributed by atoms with Crippen molar-refractivity contribution in [1.82, 2.24) is 19.5 Å². The summed E-state index contributed by atoms with van der Waals surface area (Å²) in [7, 11) is 0. The fourth-order valence-electron chi connectivity index (χ4n) is 4.20.